The van der Waals surface area contributed by atoms with Crippen molar-refractivity contribution in [2.24, 2.45) is 0 Å². The smallest absolute Gasteiger partial charge is 0.196 e. The van der Waals surface area contributed by atoms with Crippen LogP contribution in [0, 0.1) is 13.8 Å². The fourth-order valence-electron chi connectivity index (χ4n) is 1.73. The Bertz CT molecular complexity index is 620. The number of nitrogens with zero attached hydrogens (tertiary/aromatic N) is 1. The molecule has 0 amide bonds. The summed E-state index contributed by atoms with van der Waals surface area (Å²) in [5, 5.41) is 0. The van der Waals surface area contributed by atoms with E-state index in [0.717, 1.165) is 11.1 Å². The summed E-state index contributed by atoms with van der Waals surface area (Å²) in [5.74, 6) is 0.117. The van der Waals surface area contributed by atoms with E-state index in [0.29, 0.717) is 16.8 Å². The zero-order valence-electron chi connectivity index (χ0n) is 10.4. The van der Waals surface area contributed by atoms with Crippen LogP contribution in [0.25, 0.3) is 0 Å². The monoisotopic (exact) mass is 241 g/mol. The third-order valence-corrected chi connectivity index (χ3v) is 2.83. The molecule has 2 rings (SSSR count). The van der Waals surface area contributed by atoms with Crippen molar-refractivity contribution in [3.8, 4) is 0 Å². The van der Waals surface area contributed by atoms with Gasteiger partial charge in [-0.15, -0.1) is 0 Å². The van der Waals surface area contributed by atoms with Crippen molar-refractivity contribution in [2.45, 2.75) is 13.8 Å². The third kappa shape index (κ3) is 2.18. The molecule has 0 fully saturated rings. The average Bonchev–Trinajstić information content (AvgIpc) is 2.35. The van der Waals surface area contributed by atoms with E-state index in [1.807, 2.05) is 13.8 Å². The Kier molecular flexibility index (Phi) is 3.02. The lowest BCUT2D eigenvalue weighted by atomic mass is 10.0. The van der Waals surface area contributed by atoms with Gasteiger partial charge in [0, 0.05) is 17.4 Å². The minimum absolute atomic E-state index is 0.133. The lowest BCUT2D eigenvalue weighted by Gasteiger charge is -2.07. The van der Waals surface area contributed by atoms with Crippen molar-refractivity contribution in [1.82, 2.24) is 4.98 Å². The van der Waals surface area contributed by atoms with E-state index in [9.17, 15) is 4.79 Å². The number of nitrogen functional groups attached to an aromatic ring is 2. The molecule has 4 N–H and O–H groups in total. The van der Waals surface area contributed by atoms with Gasteiger partial charge in [-0.25, -0.2) is 4.98 Å². The SMILES string of the molecule is Cc1cnc(N)c(C(=O)c2ccc(N)c(C)c2)c1. The lowest BCUT2D eigenvalue weighted by Crippen LogP contribution is -2.08. The second-order valence-electron chi connectivity index (χ2n) is 4.35. The van der Waals surface area contributed by atoms with Crippen LogP contribution in [-0.4, -0.2) is 10.8 Å². The van der Waals surface area contributed by atoms with Crippen LogP contribution in [0.1, 0.15) is 27.0 Å². The van der Waals surface area contributed by atoms with Gasteiger partial charge in [0.15, 0.2) is 5.78 Å². The predicted octanol–water partition coefficient (Wildman–Crippen LogP) is 2.09. The van der Waals surface area contributed by atoms with Crippen molar-refractivity contribution in [1.29, 1.82) is 0 Å². The molecule has 1 heterocycles. The van der Waals surface area contributed by atoms with Crippen molar-refractivity contribution in [3.63, 3.8) is 0 Å². The van der Waals surface area contributed by atoms with E-state index >= 15 is 0 Å². The molecule has 1 aromatic carbocycles. The Morgan fingerprint density at radius 3 is 2.56 bits per heavy atom. The number of carbonyl (C=O) groups excluding carboxylic acids is 1. The van der Waals surface area contributed by atoms with E-state index in [4.69, 9.17) is 11.5 Å². The van der Waals surface area contributed by atoms with Crippen LogP contribution in [0.15, 0.2) is 30.5 Å². The number of hydrogen-bond acceptors (Lipinski definition) is 4. The first-order chi connectivity index (χ1) is 8.49. The minimum atomic E-state index is -0.133. The molecular formula is C14H15N3O. The van der Waals surface area contributed by atoms with Gasteiger partial charge in [0.05, 0.1) is 5.56 Å². The van der Waals surface area contributed by atoms with Gasteiger partial charge in [-0.2, -0.15) is 0 Å². The van der Waals surface area contributed by atoms with Crippen molar-refractivity contribution in [2.75, 3.05) is 11.5 Å². The average molecular weight is 241 g/mol. The highest BCUT2D eigenvalue weighted by molar-refractivity contribution is 6.11. The summed E-state index contributed by atoms with van der Waals surface area (Å²) in [6, 6.07) is 6.93. The first-order valence-electron chi connectivity index (χ1n) is 5.62. The van der Waals surface area contributed by atoms with Gasteiger partial charge in [0.25, 0.3) is 0 Å². The maximum Gasteiger partial charge on any atom is 0.196 e. The fraction of sp³-hybridized carbons (Fsp3) is 0.143. The number of nitrogens with two attached hydrogens (primary N) is 2. The third-order valence-electron chi connectivity index (χ3n) is 2.83. The van der Waals surface area contributed by atoms with Crippen LogP contribution in [0.4, 0.5) is 11.5 Å². The molecule has 92 valence electrons. The van der Waals surface area contributed by atoms with Crippen LogP contribution in [0.2, 0.25) is 0 Å². The molecule has 0 aliphatic rings. The standard InChI is InChI=1S/C14H15N3O/c1-8-5-11(14(16)17-7-8)13(18)10-3-4-12(15)9(2)6-10/h3-7H,15H2,1-2H3,(H2,16,17). The summed E-state index contributed by atoms with van der Waals surface area (Å²) in [6.45, 7) is 3.74. The Morgan fingerprint density at radius 1 is 1.17 bits per heavy atom. The normalized spacial score (nSPS) is 10.3. The second kappa shape index (κ2) is 4.49. The largest absolute Gasteiger partial charge is 0.399 e. The van der Waals surface area contributed by atoms with Gasteiger partial charge in [0.1, 0.15) is 5.82 Å². The summed E-state index contributed by atoms with van der Waals surface area (Å²) in [4.78, 5) is 16.3. The Balaban J connectivity index is 2.47. The molecule has 2 aromatic rings. The van der Waals surface area contributed by atoms with Gasteiger partial charge in [-0.3, -0.25) is 4.79 Å². The summed E-state index contributed by atoms with van der Waals surface area (Å²) < 4.78 is 0. The molecule has 0 unspecified atom stereocenters. The first kappa shape index (κ1) is 12.1. The zero-order chi connectivity index (χ0) is 13.3. The number of anilines is 2. The summed E-state index contributed by atoms with van der Waals surface area (Å²) in [6.07, 6.45) is 1.64. The number of ketones is 1. The zero-order valence-corrected chi connectivity index (χ0v) is 10.4. The summed E-state index contributed by atoms with van der Waals surface area (Å²) in [5.41, 5.74) is 14.9. The van der Waals surface area contributed by atoms with Crippen LogP contribution in [0.5, 0.6) is 0 Å². The molecule has 4 nitrogen and oxygen atoms in total. The number of aromatic nitrogens is 1. The summed E-state index contributed by atoms with van der Waals surface area (Å²) in [7, 11) is 0. The number of pyridine rings is 1. The number of aryl methyl sites for hydroxylation is 2. The molecule has 18 heavy (non-hydrogen) atoms. The minimum Gasteiger partial charge on any atom is -0.399 e. The molecule has 1 aromatic heterocycles. The van der Waals surface area contributed by atoms with Crippen LogP contribution in [-0.2, 0) is 0 Å². The molecular weight excluding hydrogens is 226 g/mol. The molecule has 4 heteroatoms. The van der Waals surface area contributed by atoms with Gasteiger partial charge >= 0.3 is 0 Å². The van der Waals surface area contributed by atoms with Gasteiger partial charge in [0.2, 0.25) is 0 Å². The maximum absolute atomic E-state index is 12.3. The number of carbonyl (C=O) groups is 1. The molecule has 0 saturated carbocycles. The van der Waals surface area contributed by atoms with Crippen LogP contribution < -0.4 is 11.5 Å². The number of rotatable bonds is 2. The van der Waals surface area contributed by atoms with Gasteiger partial charge in [-0.1, -0.05) is 0 Å². The summed E-state index contributed by atoms with van der Waals surface area (Å²) >= 11 is 0. The predicted molar refractivity (Wildman–Crippen MR) is 72.4 cm³/mol. The van der Waals surface area contributed by atoms with Crippen molar-refractivity contribution in [3.05, 3.63) is 52.7 Å². The molecule has 0 bridgehead atoms. The molecule has 0 atom stereocenters. The van der Waals surface area contributed by atoms with Gasteiger partial charge in [-0.05, 0) is 49.2 Å². The Hall–Kier alpha value is -2.36. The van der Waals surface area contributed by atoms with E-state index in [1.54, 1.807) is 30.5 Å². The fourth-order valence-corrected chi connectivity index (χ4v) is 1.73. The second-order valence-corrected chi connectivity index (χ2v) is 4.35. The highest BCUT2D eigenvalue weighted by Gasteiger charge is 2.14. The quantitative estimate of drug-likeness (QED) is 0.623. The van der Waals surface area contributed by atoms with E-state index in [-0.39, 0.29) is 11.6 Å². The van der Waals surface area contributed by atoms with E-state index in [2.05, 4.69) is 4.98 Å². The molecule has 0 aliphatic heterocycles. The molecule has 0 spiro atoms. The number of hydrogen-bond donors (Lipinski definition) is 2. The molecule has 0 radical (unpaired) electrons. The molecule has 0 aliphatic carbocycles. The highest BCUT2D eigenvalue weighted by atomic mass is 16.1. The molecule has 0 saturated heterocycles. The van der Waals surface area contributed by atoms with Crippen LogP contribution in [0.3, 0.4) is 0 Å². The van der Waals surface area contributed by atoms with Crippen molar-refractivity contribution < 1.29 is 4.79 Å². The van der Waals surface area contributed by atoms with Gasteiger partial charge < -0.3 is 11.5 Å². The Labute approximate surface area is 106 Å². The van der Waals surface area contributed by atoms with Crippen LogP contribution >= 0.6 is 0 Å². The maximum atomic E-state index is 12.3. The topological polar surface area (TPSA) is 82.0 Å². The highest BCUT2D eigenvalue weighted by Crippen LogP contribution is 2.19. The lowest BCUT2D eigenvalue weighted by molar-refractivity contribution is 0.103. The van der Waals surface area contributed by atoms with E-state index < -0.39 is 0 Å². The van der Waals surface area contributed by atoms with E-state index in [1.165, 1.54) is 0 Å². The first-order valence-corrected chi connectivity index (χ1v) is 5.62. The Morgan fingerprint density at radius 2 is 1.89 bits per heavy atom. The number of benzene rings is 1. The van der Waals surface area contributed by atoms with Crippen molar-refractivity contribution >= 4 is 17.3 Å².